The molecule has 4 heterocycles. The monoisotopic (exact) mass is 683 g/mol. The summed E-state index contributed by atoms with van der Waals surface area (Å²) in [7, 11) is -2.41. The van der Waals surface area contributed by atoms with Crippen LogP contribution in [0.15, 0.2) is 77.7 Å². The predicted octanol–water partition coefficient (Wildman–Crippen LogP) is 6.47. The van der Waals surface area contributed by atoms with Gasteiger partial charge in [-0.15, -0.1) is 0 Å². The molecular weight excluding hydrogens is 635 g/mol. The van der Waals surface area contributed by atoms with Crippen molar-refractivity contribution in [3.63, 3.8) is 0 Å². The molecule has 3 aliphatic heterocycles. The third kappa shape index (κ3) is 6.51. The van der Waals surface area contributed by atoms with Crippen LogP contribution in [0.2, 0.25) is 0 Å². The van der Waals surface area contributed by atoms with E-state index in [9.17, 15) is 13.2 Å². The van der Waals surface area contributed by atoms with E-state index in [0.717, 1.165) is 50.0 Å². The molecule has 1 N–H and O–H groups in total. The number of imidazole rings is 1. The van der Waals surface area contributed by atoms with Crippen LogP contribution in [0, 0.1) is 6.92 Å². The highest BCUT2D eigenvalue weighted by atomic mass is 32.2. The first-order valence-electron chi connectivity index (χ1n) is 17.8. The van der Waals surface area contributed by atoms with E-state index in [-0.39, 0.29) is 28.0 Å². The topological polar surface area (TPSA) is 96.8 Å². The van der Waals surface area contributed by atoms with Crippen LogP contribution in [0.1, 0.15) is 86.6 Å². The van der Waals surface area contributed by atoms with Gasteiger partial charge in [-0.25, -0.2) is 18.1 Å². The number of sulfonamides is 1. The Morgan fingerprint density at radius 1 is 0.959 bits per heavy atom. The van der Waals surface area contributed by atoms with E-state index in [2.05, 4.69) is 75.7 Å². The highest BCUT2D eigenvalue weighted by Crippen LogP contribution is 2.45. The van der Waals surface area contributed by atoms with Crippen molar-refractivity contribution < 1.29 is 17.9 Å². The minimum absolute atomic E-state index is 0.0139. The van der Waals surface area contributed by atoms with Gasteiger partial charge in [0.15, 0.2) is 0 Å². The summed E-state index contributed by atoms with van der Waals surface area (Å²) in [6.45, 7) is 7.97. The van der Waals surface area contributed by atoms with Crippen LogP contribution in [0.25, 0.3) is 11.0 Å². The average Bonchev–Trinajstić information content (AvgIpc) is 3.56. The molecule has 1 unspecified atom stereocenters. The Kier molecular flexibility index (Phi) is 9.32. The number of carbonyl (C=O) groups excluding carboxylic acids is 1. The summed E-state index contributed by atoms with van der Waals surface area (Å²) >= 11 is 0. The molecule has 1 amide bonds. The fourth-order valence-electron chi connectivity index (χ4n) is 8.98. The number of para-hydroxylation sites is 2. The van der Waals surface area contributed by atoms with Gasteiger partial charge < -0.3 is 14.2 Å². The van der Waals surface area contributed by atoms with Crippen LogP contribution in [0.5, 0.6) is 5.75 Å². The van der Waals surface area contributed by atoms with Crippen LogP contribution in [0.4, 0.5) is 0 Å². The summed E-state index contributed by atoms with van der Waals surface area (Å²) in [6.07, 6.45) is 7.60. The van der Waals surface area contributed by atoms with Gasteiger partial charge in [-0.1, -0.05) is 42.5 Å². The molecule has 2 bridgehead atoms. The molecule has 0 spiro atoms. The highest BCUT2D eigenvalue weighted by Gasteiger charge is 2.44. The number of rotatable bonds is 10. The van der Waals surface area contributed by atoms with E-state index >= 15 is 0 Å². The third-order valence-corrected chi connectivity index (χ3v) is 13.0. The number of likely N-dealkylation sites (tertiary alicyclic amines) is 1. The van der Waals surface area contributed by atoms with E-state index in [1.807, 2.05) is 4.90 Å². The first-order chi connectivity index (χ1) is 23.6. The molecule has 260 valence electrons. The number of amides is 1. The van der Waals surface area contributed by atoms with Crippen LogP contribution in [0.3, 0.4) is 0 Å². The Labute approximate surface area is 290 Å². The standard InChI is InChI=1S/C39H49N5O4S/c1-27(2)41-49(46,47)37-24-29(14-17-36(37)48-4)38(45)42-21-18-39(19-22-42,30-10-6-5-7-11-30)20-23-43-31-15-16-32(43)26-33(25-31)44-28(3)40-34-12-8-9-13-35(34)44/h5-14,17,24,27,31-33,41H,15-16,18-23,25-26H2,1-4H3/t31-,32+,33?. The summed E-state index contributed by atoms with van der Waals surface area (Å²) in [4.78, 5) is 23.4. The van der Waals surface area contributed by atoms with E-state index in [0.29, 0.717) is 36.8 Å². The lowest BCUT2D eigenvalue weighted by Crippen LogP contribution is -2.49. The van der Waals surface area contributed by atoms with Gasteiger partial charge >= 0.3 is 0 Å². The number of piperidine rings is 2. The largest absolute Gasteiger partial charge is 0.495 e. The van der Waals surface area contributed by atoms with Crippen molar-refractivity contribution >= 4 is 27.0 Å². The minimum Gasteiger partial charge on any atom is -0.495 e. The van der Waals surface area contributed by atoms with Crippen molar-refractivity contribution in [3.05, 3.63) is 89.7 Å². The molecule has 0 saturated carbocycles. The first kappa shape index (κ1) is 33.8. The number of benzene rings is 3. The second kappa shape index (κ2) is 13.5. The molecule has 0 radical (unpaired) electrons. The van der Waals surface area contributed by atoms with Crippen LogP contribution in [-0.2, 0) is 15.4 Å². The van der Waals surface area contributed by atoms with Gasteiger partial charge in [0.2, 0.25) is 10.0 Å². The molecule has 3 aliphatic rings. The number of carbonyl (C=O) groups is 1. The van der Waals surface area contributed by atoms with Gasteiger partial charge in [-0.05, 0) is 114 Å². The maximum Gasteiger partial charge on any atom is 0.253 e. The second-order valence-electron chi connectivity index (χ2n) is 14.6. The van der Waals surface area contributed by atoms with E-state index in [4.69, 9.17) is 9.72 Å². The van der Waals surface area contributed by atoms with Gasteiger partial charge in [-0.3, -0.25) is 9.69 Å². The quantitative estimate of drug-likeness (QED) is 0.206. The number of aryl methyl sites for hydroxylation is 1. The SMILES string of the molecule is COc1ccc(C(=O)N2CCC(CCN3[C@@H]4CC[C@H]3CC(n3c(C)nc5ccccc53)C4)(c3ccccc3)CC2)cc1S(=O)(=O)NC(C)C. The number of ether oxygens (including phenoxy) is 1. The molecule has 49 heavy (non-hydrogen) atoms. The molecule has 4 aromatic rings. The maximum atomic E-state index is 13.8. The number of hydrogen-bond donors (Lipinski definition) is 1. The summed E-state index contributed by atoms with van der Waals surface area (Å²) in [5.41, 5.74) is 4.02. The van der Waals surface area contributed by atoms with E-state index in [1.54, 1.807) is 26.0 Å². The van der Waals surface area contributed by atoms with E-state index in [1.165, 1.54) is 37.1 Å². The Morgan fingerprint density at radius 3 is 2.31 bits per heavy atom. The fraction of sp³-hybridized carbons (Fsp3) is 0.487. The molecule has 9 nitrogen and oxygen atoms in total. The second-order valence-corrected chi connectivity index (χ2v) is 16.3. The Bertz CT molecular complexity index is 1900. The van der Waals surface area contributed by atoms with E-state index < -0.39 is 10.0 Å². The zero-order valence-electron chi connectivity index (χ0n) is 29.1. The van der Waals surface area contributed by atoms with Gasteiger partial charge in [0.25, 0.3) is 5.91 Å². The van der Waals surface area contributed by atoms with Crippen molar-refractivity contribution in [2.75, 3.05) is 26.7 Å². The van der Waals surface area contributed by atoms with Crippen LogP contribution >= 0.6 is 0 Å². The first-order valence-corrected chi connectivity index (χ1v) is 19.3. The van der Waals surface area contributed by atoms with Gasteiger partial charge in [-0.2, -0.15) is 0 Å². The summed E-state index contributed by atoms with van der Waals surface area (Å²) < 4.78 is 36.7. The van der Waals surface area contributed by atoms with Crippen molar-refractivity contribution in [1.29, 1.82) is 0 Å². The maximum absolute atomic E-state index is 13.8. The Hall–Kier alpha value is -3.73. The zero-order chi connectivity index (χ0) is 34.3. The zero-order valence-corrected chi connectivity index (χ0v) is 30.0. The summed E-state index contributed by atoms with van der Waals surface area (Å²) in [5, 5.41) is 0. The van der Waals surface area contributed by atoms with Gasteiger partial charge in [0, 0.05) is 42.8 Å². The molecule has 10 heteroatoms. The minimum atomic E-state index is -3.85. The Balaban J connectivity index is 1.06. The lowest BCUT2D eigenvalue weighted by Gasteiger charge is -2.45. The van der Waals surface area contributed by atoms with Crippen molar-refractivity contribution in [2.45, 2.75) is 100 Å². The smallest absolute Gasteiger partial charge is 0.253 e. The molecule has 7 rings (SSSR count). The number of aromatic nitrogens is 2. The number of hydrogen-bond acceptors (Lipinski definition) is 6. The lowest BCUT2D eigenvalue weighted by molar-refractivity contribution is 0.0606. The van der Waals surface area contributed by atoms with Gasteiger partial charge in [0.1, 0.15) is 16.5 Å². The van der Waals surface area contributed by atoms with Crippen LogP contribution in [-0.4, -0.2) is 78.5 Å². The Morgan fingerprint density at radius 2 is 1.63 bits per heavy atom. The summed E-state index contributed by atoms with van der Waals surface area (Å²) in [6, 6.07) is 25.4. The number of nitrogens with zero attached hydrogens (tertiary/aromatic N) is 4. The van der Waals surface area contributed by atoms with Crippen LogP contribution < -0.4 is 9.46 Å². The number of nitrogens with one attached hydrogen (secondary N) is 1. The number of methoxy groups -OCH3 is 1. The summed E-state index contributed by atoms with van der Waals surface area (Å²) in [5.74, 6) is 1.19. The molecule has 0 aliphatic carbocycles. The average molecular weight is 684 g/mol. The molecule has 3 saturated heterocycles. The van der Waals surface area contributed by atoms with Gasteiger partial charge in [0.05, 0.1) is 18.1 Å². The molecule has 3 fully saturated rings. The molecular formula is C39H49N5O4S. The number of fused-ring (bicyclic) bond motifs is 3. The normalized spacial score (nSPS) is 22.6. The lowest BCUT2D eigenvalue weighted by atomic mass is 9.70. The molecule has 3 aromatic carbocycles. The van der Waals surface area contributed by atoms with Crippen molar-refractivity contribution in [1.82, 2.24) is 24.1 Å². The van der Waals surface area contributed by atoms with Crippen molar-refractivity contribution in [2.24, 2.45) is 0 Å². The molecule has 1 aromatic heterocycles. The highest BCUT2D eigenvalue weighted by molar-refractivity contribution is 7.89. The predicted molar refractivity (Wildman–Crippen MR) is 193 cm³/mol. The van der Waals surface area contributed by atoms with Crippen molar-refractivity contribution in [3.8, 4) is 5.75 Å². The third-order valence-electron chi connectivity index (χ3n) is 11.3. The fourth-order valence-corrected chi connectivity index (χ4v) is 10.4. The molecule has 3 atom stereocenters.